The Morgan fingerprint density at radius 2 is 1.15 bits per heavy atom. The van der Waals surface area contributed by atoms with Gasteiger partial charge < -0.3 is 19.8 Å². The van der Waals surface area contributed by atoms with Crippen LogP contribution in [0.5, 0.6) is 0 Å². The standard InChI is InChI=1S/C38H77N2O6P/c1-6-8-10-12-14-16-17-18-19-20-21-22-24-25-27-29-31-37(41)36(35-46-47(43,44)45-34-33-40(3,4)5)39-38(42)32-30-28-26-23-15-13-11-9-7-2/h23,26,36-37,41H,6-22,24-25,27-35H2,1-5H3,(H-,39,42,43,44)/p+1/b26-23-. The fourth-order valence-electron chi connectivity index (χ4n) is 5.58. The monoisotopic (exact) mass is 690 g/mol. The van der Waals surface area contributed by atoms with Crippen LogP contribution < -0.4 is 5.32 Å². The van der Waals surface area contributed by atoms with Gasteiger partial charge in [-0.2, -0.15) is 0 Å². The average molecular weight is 690 g/mol. The van der Waals surface area contributed by atoms with E-state index in [1.54, 1.807) is 0 Å². The molecule has 0 aromatic heterocycles. The molecule has 3 unspecified atom stereocenters. The molecule has 3 N–H and O–H groups in total. The number of likely N-dealkylation sites (N-methyl/N-ethyl adjacent to an activating group) is 1. The van der Waals surface area contributed by atoms with Gasteiger partial charge in [-0.15, -0.1) is 0 Å². The Morgan fingerprint density at radius 1 is 0.702 bits per heavy atom. The fourth-order valence-corrected chi connectivity index (χ4v) is 6.31. The number of nitrogens with zero attached hydrogens (tertiary/aromatic N) is 1. The molecule has 8 nitrogen and oxygen atoms in total. The number of unbranched alkanes of at least 4 members (excludes halogenated alkanes) is 20. The average Bonchev–Trinajstić information content (AvgIpc) is 3.01. The van der Waals surface area contributed by atoms with Gasteiger partial charge in [-0.1, -0.05) is 148 Å². The summed E-state index contributed by atoms with van der Waals surface area (Å²) in [6.07, 6.45) is 32.4. The van der Waals surface area contributed by atoms with Crippen LogP contribution in [-0.4, -0.2) is 73.4 Å². The van der Waals surface area contributed by atoms with Crippen LogP contribution in [0.25, 0.3) is 0 Å². The topological polar surface area (TPSA) is 105 Å². The van der Waals surface area contributed by atoms with Gasteiger partial charge in [-0.05, 0) is 32.1 Å². The quantitative estimate of drug-likeness (QED) is 0.0265. The molecule has 0 saturated heterocycles. The lowest BCUT2D eigenvalue weighted by atomic mass is 10.0. The van der Waals surface area contributed by atoms with Gasteiger partial charge in [0.25, 0.3) is 0 Å². The third-order valence-electron chi connectivity index (χ3n) is 8.76. The van der Waals surface area contributed by atoms with Gasteiger partial charge >= 0.3 is 7.82 Å². The molecule has 0 heterocycles. The first-order chi connectivity index (χ1) is 22.5. The number of allylic oxidation sites excluding steroid dienone is 2. The molecule has 0 spiro atoms. The van der Waals surface area contributed by atoms with Crippen molar-refractivity contribution in [3.05, 3.63) is 12.2 Å². The lowest BCUT2D eigenvalue weighted by Gasteiger charge is -2.26. The number of phosphoric ester groups is 1. The molecule has 0 aliphatic heterocycles. The van der Waals surface area contributed by atoms with Crippen LogP contribution in [0.15, 0.2) is 12.2 Å². The zero-order valence-corrected chi connectivity index (χ0v) is 32.4. The Labute approximate surface area is 291 Å². The second-order valence-electron chi connectivity index (χ2n) is 14.7. The molecule has 0 bridgehead atoms. The lowest BCUT2D eigenvalue weighted by Crippen LogP contribution is -2.46. The number of hydrogen-bond donors (Lipinski definition) is 3. The van der Waals surface area contributed by atoms with Gasteiger partial charge in [0.05, 0.1) is 39.9 Å². The predicted molar refractivity (Wildman–Crippen MR) is 198 cm³/mol. The number of nitrogens with one attached hydrogen (secondary N) is 1. The molecule has 280 valence electrons. The van der Waals surface area contributed by atoms with Crippen molar-refractivity contribution in [1.82, 2.24) is 5.32 Å². The van der Waals surface area contributed by atoms with Crippen LogP contribution in [0, 0.1) is 0 Å². The van der Waals surface area contributed by atoms with E-state index in [9.17, 15) is 19.4 Å². The summed E-state index contributed by atoms with van der Waals surface area (Å²) in [4.78, 5) is 22.9. The zero-order chi connectivity index (χ0) is 35.1. The molecule has 0 aromatic carbocycles. The largest absolute Gasteiger partial charge is 0.472 e. The second kappa shape index (κ2) is 31.2. The Kier molecular flexibility index (Phi) is 30.7. The predicted octanol–water partition coefficient (Wildman–Crippen LogP) is 10.0. The van der Waals surface area contributed by atoms with Gasteiger partial charge in [0.15, 0.2) is 0 Å². The number of carbonyl (C=O) groups is 1. The number of hydrogen-bond acceptors (Lipinski definition) is 5. The summed E-state index contributed by atoms with van der Waals surface area (Å²) in [5, 5.41) is 13.8. The number of rotatable bonds is 35. The van der Waals surface area contributed by atoms with E-state index in [1.165, 1.54) is 109 Å². The van der Waals surface area contributed by atoms with Crippen LogP contribution in [-0.2, 0) is 18.4 Å². The normalized spacial score (nSPS) is 14.8. The number of amides is 1. The van der Waals surface area contributed by atoms with E-state index in [2.05, 4.69) is 31.3 Å². The summed E-state index contributed by atoms with van der Waals surface area (Å²) in [6.45, 7) is 4.82. The summed E-state index contributed by atoms with van der Waals surface area (Å²) >= 11 is 0. The molecule has 0 aliphatic carbocycles. The van der Waals surface area contributed by atoms with Crippen LogP contribution in [0.3, 0.4) is 0 Å². The highest BCUT2D eigenvalue weighted by atomic mass is 31.2. The number of quaternary nitrogens is 1. The van der Waals surface area contributed by atoms with Crippen molar-refractivity contribution >= 4 is 13.7 Å². The molecular weight excluding hydrogens is 611 g/mol. The minimum Gasteiger partial charge on any atom is -0.391 e. The van der Waals surface area contributed by atoms with Crippen LogP contribution in [0.4, 0.5) is 0 Å². The number of phosphoric acid groups is 1. The molecule has 0 saturated carbocycles. The summed E-state index contributed by atoms with van der Waals surface area (Å²) in [5.41, 5.74) is 0. The van der Waals surface area contributed by atoms with Crippen LogP contribution >= 0.6 is 7.82 Å². The van der Waals surface area contributed by atoms with Crippen LogP contribution in [0.2, 0.25) is 0 Å². The van der Waals surface area contributed by atoms with Crippen molar-refractivity contribution in [2.24, 2.45) is 0 Å². The van der Waals surface area contributed by atoms with Crippen molar-refractivity contribution in [2.45, 2.75) is 187 Å². The van der Waals surface area contributed by atoms with Gasteiger partial charge in [0, 0.05) is 6.42 Å². The fraction of sp³-hybridized carbons (Fsp3) is 0.921. The van der Waals surface area contributed by atoms with Crippen LogP contribution in [0.1, 0.15) is 174 Å². The lowest BCUT2D eigenvalue weighted by molar-refractivity contribution is -0.870. The highest BCUT2D eigenvalue weighted by molar-refractivity contribution is 7.47. The zero-order valence-electron chi connectivity index (χ0n) is 31.5. The van der Waals surface area contributed by atoms with Crippen molar-refractivity contribution < 1.29 is 32.9 Å². The van der Waals surface area contributed by atoms with Crippen molar-refractivity contribution in [3.8, 4) is 0 Å². The molecule has 9 heteroatoms. The third-order valence-corrected chi connectivity index (χ3v) is 9.75. The molecule has 0 fully saturated rings. The minimum atomic E-state index is -4.31. The highest BCUT2D eigenvalue weighted by Gasteiger charge is 2.28. The Morgan fingerprint density at radius 3 is 1.64 bits per heavy atom. The van der Waals surface area contributed by atoms with E-state index in [-0.39, 0.29) is 19.1 Å². The molecule has 3 atom stereocenters. The molecule has 47 heavy (non-hydrogen) atoms. The Hall–Kier alpha value is -0.760. The third kappa shape index (κ3) is 33.5. The Bertz CT molecular complexity index is 789. The summed E-state index contributed by atoms with van der Waals surface area (Å²) in [7, 11) is 1.60. The van der Waals surface area contributed by atoms with Crippen molar-refractivity contribution in [3.63, 3.8) is 0 Å². The maximum atomic E-state index is 12.7. The van der Waals surface area contributed by atoms with Gasteiger partial charge in [-0.25, -0.2) is 4.57 Å². The van der Waals surface area contributed by atoms with Gasteiger partial charge in [0.1, 0.15) is 13.2 Å². The maximum Gasteiger partial charge on any atom is 0.472 e. The molecule has 0 radical (unpaired) electrons. The van der Waals surface area contributed by atoms with E-state index < -0.39 is 20.0 Å². The Balaban J connectivity index is 4.42. The smallest absolute Gasteiger partial charge is 0.391 e. The first-order valence-corrected chi connectivity index (χ1v) is 21.0. The summed E-state index contributed by atoms with van der Waals surface area (Å²) in [6, 6.07) is -0.768. The summed E-state index contributed by atoms with van der Waals surface area (Å²) in [5.74, 6) is -0.181. The minimum absolute atomic E-state index is 0.0716. The first-order valence-electron chi connectivity index (χ1n) is 19.6. The van der Waals surface area contributed by atoms with E-state index in [4.69, 9.17) is 9.05 Å². The molecule has 0 aromatic rings. The molecule has 0 aliphatic rings. The van der Waals surface area contributed by atoms with Gasteiger partial charge in [0.2, 0.25) is 5.91 Å². The number of aliphatic hydroxyl groups excluding tert-OH is 1. The van der Waals surface area contributed by atoms with E-state index in [0.717, 1.165) is 32.1 Å². The van der Waals surface area contributed by atoms with E-state index in [1.807, 2.05) is 21.1 Å². The maximum absolute atomic E-state index is 12.7. The molecular formula is C38H78N2O6P+. The van der Waals surface area contributed by atoms with Gasteiger partial charge in [-0.3, -0.25) is 13.8 Å². The SMILES string of the molecule is CCCCCC/C=C\CCCC(=O)NC(COP(=O)(O)OCC[N+](C)(C)C)C(O)CCCCCCCCCCCCCCCCCC. The molecule has 1 amide bonds. The van der Waals surface area contributed by atoms with E-state index >= 15 is 0 Å². The first kappa shape index (κ1) is 46.2. The van der Waals surface area contributed by atoms with E-state index in [0.29, 0.717) is 30.3 Å². The van der Waals surface area contributed by atoms with Crippen molar-refractivity contribution in [2.75, 3.05) is 40.9 Å². The number of carbonyl (C=O) groups excluding carboxylic acids is 1. The molecule has 0 rings (SSSR count). The number of aliphatic hydroxyl groups is 1. The second-order valence-corrected chi connectivity index (χ2v) is 16.1. The summed E-state index contributed by atoms with van der Waals surface area (Å²) < 4.78 is 23.5. The highest BCUT2D eigenvalue weighted by Crippen LogP contribution is 2.43. The van der Waals surface area contributed by atoms with Crippen molar-refractivity contribution in [1.29, 1.82) is 0 Å².